The van der Waals surface area contributed by atoms with Gasteiger partial charge in [0.2, 0.25) is 5.91 Å². The van der Waals surface area contributed by atoms with Gasteiger partial charge in [-0.25, -0.2) is 4.98 Å². The molecule has 2 aromatic rings. The molecule has 5 nitrogen and oxygen atoms in total. The Balaban J connectivity index is 1.86. The maximum absolute atomic E-state index is 12.3. The van der Waals surface area contributed by atoms with Gasteiger partial charge in [-0.1, -0.05) is 0 Å². The Morgan fingerprint density at radius 3 is 2.75 bits per heavy atom. The molecule has 6 heteroatoms. The number of carbonyl (C=O) groups is 2. The lowest BCUT2D eigenvalue weighted by Gasteiger charge is -2.11. The first-order valence-electron chi connectivity index (χ1n) is 7.96. The minimum atomic E-state index is -0.145. The van der Waals surface area contributed by atoms with Crippen molar-refractivity contribution in [2.75, 3.05) is 6.61 Å². The summed E-state index contributed by atoms with van der Waals surface area (Å²) < 4.78 is 5.47. The van der Waals surface area contributed by atoms with E-state index in [1.54, 1.807) is 18.3 Å². The van der Waals surface area contributed by atoms with Gasteiger partial charge in [-0.3, -0.25) is 9.59 Å². The quantitative estimate of drug-likeness (QED) is 0.740. The topological polar surface area (TPSA) is 68.3 Å². The highest BCUT2D eigenvalue weighted by molar-refractivity contribution is 7.09. The van der Waals surface area contributed by atoms with Crippen molar-refractivity contribution in [2.45, 2.75) is 39.7 Å². The average molecular weight is 346 g/mol. The first-order chi connectivity index (χ1) is 11.5. The van der Waals surface area contributed by atoms with E-state index in [-0.39, 0.29) is 30.6 Å². The second-order valence-corrected chi connectivity index (χ2v) is 6.42. The molecule has 2 rings (SSSR count). The fourth-order valence-electron chi connectivity index (χ4n) is 2.34. The van der Waals surface area contributed by atoms with Gasteiger partial charge >= 0.3 is 0 Å². The van der Waals surface area contributed by atoms with Crippen molar-refractivity contribution in [1.29, 1.82) is 0 Å². The Labute approximate surface area is 146 Å². The van der Waals surface area contributed by atoms with Crippen molar-refractivity contribution in [1.82, 2.24) is 10.3 Å². The van der Waals surface area contributed by atoms with Crippen molar-refractivity contribution in [3.05, 3.63) is 45.9 Å². The van der Waals surface area contributed by atoms with Gasteiger partial charge in [0.1, 0.15) is 10.8 Å². The fraction of sp³-hybridized carbons (Fsp3) is 0.389. The monoisotopic (exact) mass is 346 g/mol. The highest BCUT2D eigenvalue weighted by Crippen LogP contribution is 2.20. The van der Waals surface area contributed by atoms with E-state index >= 15 is 0 Å². The van der Waals surface area contributed by atoms with Gasteiger partial charge in [0, 0.05) is 30.0 Å². The molecule has 1 atom stereocenters. The third-order valence-electron chi connectivity index (χ3n) is 3.58. The van der Waals surface area contributed by atoms with E-state index in [1.165, 1.54) is 11.3 Å². The molecule has 0 saturated carbocycles. The lowest BCUT2D eigenvalue weighted by molar-refractivity contribution is -0.121. The lowest BCUT2D eigenvalue weighted by Crippen LogP contribution is -2.26. The molecule has 1 aromatic heterocycles. The first kappa shape index (κ1) is 18.1. The van der Waals surface area contributed by atoms with Crippen LogP contribution in [0.4, 0.5) is 0 Å². The summed E-state index contributed by atoms with van der Waals surface area (Å²) in [6.07, 6.45) is 2.06. The van der Waals surface area contributed by atoms with Crippen LogP contribution in [0.15, 0.2) is 29.8 Å². The van der Waals surface area contributed by atoms with E-state index in [1.807, 2.05) is 32.2 Å². The molecular weight excluding hydrogens is 324 g/mol. The van der Waals surface area contributed by atoms with Crippen LogP contribution in [0.2, 0.25) is 0 Å². The molecule has 0 aliphatic rings. The van der Waals surface area contributed by atoms with Crippen LogP contribution in [-0.2, 0) is 4.79 Å². The maximum Gasteiger partial charge on any atom is 0.221 e. The van der Waals surface area contributed by atoms with E-state index in [2.05, 4.69) is 10.3 Å². The van der Waals surface area contributed by atoms with Gasteiger partial charge in [-0.05, 0) is 44.5 Å². The van der Waals surface area contributed by atoms with E-state index < -0.39 is 0 Å². The molecule has 0 aliphatic carbocycles. The largest absolute Gasteiger partial charge is 0.494 e. The number of amides is 1. The van der Waals surface area contributed by atoms with Crippen LogP contribution in [0.5, 0.6) is 5.75 Å². The molecule has 0 radical (unpaired) electrons. The van der Waals surface area contributed by atoms with Crippen molar-refractivity contribution >= 4 is 23.0 Å². The Morgan fingerprint density at radius 1 is 1.33 bits per heavy atom. The number of Topliss-reactive ketones (excluding diaryl/α,β-unsaturated/α-hetero) is 1. The van der Waals surface area contributed by atoms with E-state index in [4.69, 9.17) is 4.74 Å². The van der Waals surface area contributed by atoms with E-state index in [0.717, 1.165) is 16.3 Å². The zero-order valence-electron chi connectivity index (χ0n) is 14.2. The molecule has 24 heavy (non-hydrogen) atoms. The van der Waals surface area contributed by atoms with Gasteiger partial charge in [0.25, 0.3) is 0 Å². The molecule has 1 amide bonds. The minimum absolute atomic E-state index is 0.0433. The Kier molecular flexibility index (Phi) is 6.49. The number of ketones is 1. The van der Waals surface area contributed by atoms with Crippen molar-refractivity contribution in [2.24, 2.45) is 0 Å². The fourth-order valence-corrected chi connectivity index (χ4v) is 2.98. The van der Waals surface area contributed by atoms with Crippen LogP contribution in [0.1, 0.15) is 53.7 Å². The number of nitrogens with one attached hydrogen (secondary N) is 1. The number of ether oxygens (including phenoxy) is 1. The number of aryl methyl sites for hydroxylation is 1. The third kappa shape index (κ3) is 4.89. The second kappa shape index (κ2) is 8.59. The van der Waals surface area contributed by atoms with Crippen LogP contribution in [-0.4, -0.2) is 23.3 Å². The standard InChI is InChI=1S/C18H22N2O3S/c1-4-23-16-7-5-14(11-12(16)2)15(21)6-8-17(22)20-13(3)18-19-9-10-24-18/h5,7,9-11,13H,4,6,8H2,1-3H3,(H,20,22). The van der Waals surface area contributed by atoms with Crippen LogP contribution >= 0.6 is 11.3 Å². The Hall–Kier alpha value is -2.21. The Bertz CT molecular complexity index is 698. The van der Waals surface area contributed by atoms with Crippen LogP contribution in [0.25, 0.3) is 0 Å². The molecule has 1 N–H and O–H groups in total. The predicted molar refractivity (Wildman–Crippen MR) is 94.6 cm³/mol. The van der Waals surface area contributed by atoms with Gasteiger partial charge in [-0.2, -0.15) is 0 Å². The molecule has 0 fully saturated rings. The summed E-state index contributed by atoms with van der Waals surface area (Å²) in [5.74, 6) is 0.593. The van der Waals surface area contributed by atoms with Crippen LogP contribution in [0.3, 0.4) is 0 Å². The van der Waals surface area contributed by atoms with Crippen LogP contribution < -0.4 is 10.1 Å². The van der Waals surface area contributed by atoms with Gasteiger partial charge in [-0.15, -0.1) is 11.3 Å². The van der Waals surface area contributed by atoms with Gasteiger partial charge < -0.3 is 10.1 Å². The highest BCUT2D eigenvalue weighted by Gasteiger charge is 2.14. The molecule has 128 valence electrons. The number of rotatable bonds is 8. The number of hydrogen-bond donors (Lipinski definition) is 1. The number of hydrogen-bond acceptors (Lipinski definition) is 5. The highest BCUT2D eigenvalue weighted by atomic mass is 32.1. The van der Waals surface area contributed by atoms with Crippen molar-refractivity contribution in [3.63, 3.8) is 0 Å². The van der Waals surface area contributed by atoms with E-state index in [0.29, 0.717) is 12.2 Å². The number of thiazole rings is 1. The smallest absolute Gasteiger partial charge is 0.221 e. The molecule has 0 saturated heterocycles. The third-order valence-corrected chi connectivity index (χ3v) is 4.53. The summed E-state index contributed by atoms with van der Waals surface area (Å²) in [5, 5.41) is 5.59. The summed E-state index contributed by atoms with van der Waals surface area (Å²) in [4.78, 5) is 28.4. The molecule has 0 aliphatic heterocycles. The summed E-state index contributed by atoms with van der Waals surface area (Å²) in [6.45, 7) is 6.30. The molecule has 1 unspecified atom stereocenters. The number of aromatic nitrogens is 1. The number of benzene rings is 1. The molecule has 1 aromatic carbocycles. The zero-order chi connectivity index (χ0) is 17.5. The first-order valence-corrected chi connectivity index (χ1v) is 8.84. The number of nitrogens with zero attached hydrogens (tertiary/aromatic N) is 1. The van der Waals surface area contributed by atoms with Crippen LogP contribution in [0, 0.1) is 6.92 Å². The maximum atomic E-state index is 12.3. The Morgan fingerprint density at radius 2 is 2.12 bits per heavy atom. The lowest BCUT2D eigenvalue weighted by atomic mass is 10.0. The molecule has 1 heterocycles. The minimum Gasteiger partial charge on any atom is -0.494 e. The van der Waals surface area contributed by atoms with Crippen molar-refractivity contribution in [3.8, 4) is 5.75 Å². The summed E-state index contributed by atoms with van der Waals surface area (Å²) in [5.41, 5.74) is 1.53. The van der Waals surface area contributed by atoms with E-state index in [9.17, 15) is 9.59 Å². The summed E-state index contributed by atoms with van der Waals surface area (Å²) in [7, 11) is 0. The summed E-state index contributed by atoms with van der Waals surface area (Å²) in [6, 6.07) is 5.22. The SMILES string of the molecule is CCOc1ccc(C(=O)CCC(=O)NC(C)c2nccs2)cc1C. The van der Waals surface area contributed by atoms with Gasteiger partial charge in [0.15, 0.2) is 5.78 Å². The normalized spacial score (nSPS) is 11.8. The molecule has 0 bridgehead atoms. The molecule has 0 spiro atoms. The molecular formula is C18H22N2O3S. The van der Waals surface area contributed by atoms with Gasteiger partial charge in [0.05, 0.1) is 12.6 Å². The number of carbonyl (C=O) groups excluding carboxylic acids is 2. The predicted octanol–water partition coefficient (Wildman–Crippen LogP) is 3.69. The zero-order valence-corrected chi connectivity index (χ0v) is 15.0. The van der Waals surface area contributed by atoms with Crippen molar-refractivity contribution < 1.29 is 14.3 Å². The average Bonchev–Trinajstić information content (AvgIpc) is 3.09. The summed E-state index contributed by atoms with van der Waals surface area (Å²) >= 11 is 1.50. The second-order valence-electron chi connectivity index (χ2n) is 5.50.